The largest absolute Gasteiger partial charge is 0.508 e. The summed E-state index contributed by atoms with van der Waals surface area (Å²) in [5.74, 6) is 1.26. The number of rotatable bonds is 3. The molecule has 2 aromatic rings. The Balaban J connectivity index is 1.75. The minimum atomic E-state index is 0.0701. The minimum absolute atomic E-state index is 0.0701. The summed E-state index contributed by atoms with van der Waals surface area (Å²) >= 11 is 0. The summed E-state index contributed by atoms with van der Waals surface area (Å²) in [7, 11) is 0. The maximum Gasteiger partial charge on any atom is 0.115 e. The van der Waals surface area contributed by atoms with E-state index in [2.05, 4.69) is 45.0 Å². The van der Waals surface area contributed by atoms with E-state index < -0.39 is 0 Å². The monoisotopic (exact) mass is 324 g/mol. The molecule has 2 N–H and O–H groups in total. The maximum atomic E-state index is 9.56. The van der Waals surface area contributed by atoms with Crippen LogP contribution in [0.25, 0.3) is 0 Å². The zero-order valence-electron chi connectivity index (χ0n) is 14.9. The number of hydrogen-bond acceptors (Lipinski definition) is 2. The van der Waals surface area contributed by atoms with Crippen LogP contribution in [0.3, 0.4) is 0 Å². The lowest BCUT2D eigenvalue weighted by molar-refractivity contribution is 0.0985. The van der Waals surface area contributed by atoms with E-state index in [9.17, 15) is 10.2 Å². The molecule has 128 valence electrons. The van der Waals surface area contributed by atoms with Gasteiger partial charge in [-0.05, 0) is 77.8 Å². The standard InChI is InChI=1S/C22H28O2/c1-21(2,18-6-10-20(24)11-7-18)22(3)14-12-17(13-15-22)16-4-8-19(23)9-5-16/h4-11,17,23-24H,12-15H2,1-3H3. The number of phenols is 2. The Morgan fingerprint density at radius 1 is 0.833 bits per heavy atom. The van der Waals surface area contributed by atoms with Gasteiger partial charge < -0.3 is 10.2 Å². The third-order valence-electron chi connectivity index (χ3n) is 6.55. The van der Waals surface area contributed by atoms with Crippen molar-refractivity contribution in [2.75, 3.05) is 0 Å². The van der Waals surface area contributed by atoms with Gasteiger partial charge in [0.05, 0.1) is 0 Å². The summed E-state index contributed by atoms with van der Waals surface area (Å²) in [5.41, 5.74) is 2.96. The first kappa shape index (κ1) is 16.9. The first-order valence-corrected chi connectivity index (χ1v) is 8.90. The quantitative estimate of drug-likeness (QED) is 0.756. The van der Waals surface area contributed by atoms with Gasteiger partial charge in [-0.15, -0.1) is 0 Å². The molecule has 0 spiro atoms. The van der Waals surface area contributed by atoms with Crippen molar-refractivity contribution in [3.63, 3.8) is 0 Å². The highest BCUT2D eigenvalue weighted by Crippen LogP contribution is 2.53. The molecule has 0 atom stereocenters. The fourth-order valence-electron chi connectivity index (χ4n) is 4.19. The second-order valence-electron chi connectivity index (χ2n) is 8.10. The second-order valence-corrected chi connectivity index (χ2v) is 8.10. The molecule has 0 radical (unpaired) electrons. The normalized spacial score (nSPS) is 24.7. The summed E-state index contributed by atoms with van der Waals surface area (Å²) in [5, 5.41) is 19.0. The van der Waals surface area contributed by atoms with Crippen molar-refractivity contribution in [2.45, 2.75) is 57.8 Å². The minimum Gasteiger partial charge on any atom is -0.508 e. The molecule has 1 saturated carbocycles. The van der Waals surface area contributed by atoms with Crippen LogP contribution in [0.5, 0.6) is 11.5 Å². The van der Waals surface area contributed by atoms with E-state index in [-0.39, 0.29) is 10.8 Å². The van der Waals surface area contributed by atoms with E-state index in [1.165, 1.54) is 36.8 Å². The third kappa shape index (κ3) is 3.02. The van der Waals surface area contributed by atoms with Gasteiger partial charge in [0.15, 0.2) is 0 Å². The Labute approximate surface area is 145 Å². The lowest BCUT2D eigenvalue weighted by atomic mass is 9.55. The van der Waals surface area contributed by atoms with Crippen LogP contribution in [0.15, 0.2) is 48.5 Å². The molecule has 1 fully saturated rings. The van der Waals surface area contributed by atoms with Gasteiger partial charge >= 0.3 is 0 Å². The summed E-state index contributed by atoms with van der Waals surface area (Å²) in [4.78, 5) is 0. The van der Waals surface area contributed by atoms with Crippen LogP contribution in [0.4, 0.5) is 0 Å². The highest BCUT2D eigenvalue weighted by atomic mass is 16.3. The Hall–Kier alpha value is -1.96. The predicted molar refractivity (Wildman–Crippen MR) is 98.6 cm³/mol. The number of phenolic OH excluding ortho intramolecular Hbond substituents is 2. The van der Waals surface area contributed by atoms with E-state index in [1.54, 1.807) is 24.3 Å². The van der Waals surface area contributed by atoms with Crippen molar-refractivity contribution in [3.05, 3.63) is 59.7 Å². The molecular weight excluding hydrogens is 296 g/mol. The molecule has 0 amide bonds. The summed E-state index contributed by atoms with van der Waals surface area (Å²) in [6.45, 7) is 7.08. The highest BCUT2D eigenvalue weighted by molar-refractivity contribution is 5.33. The topological polar surface area (TPSA) is 40.5 Å². The fraction of sp³-hybridized carbons (Fsp3) is 0.455. The van der Waals surface area contributed by atoms with Gasteiger partial charge in [-0.2, -0.15) is 0 Å². The molecule has 0 heterocycles. The number of benzene rings is 2. The summed E-state index contributed by atoms with van der Waals surface area (Å²) in [6, 6.07) is 15.4. The molecule has 1 aliphatic rings. The van der Waals surface area contributed by atoms with Gasteiger partial charge in [0.25, 0.3) is 0 Å². The van der Waals surface area contributed by atoms with Crippen LogP contribution in [-0.2, 0) is 5.41 Å². The molecule has 2 nitrogen and oxygen atoms in total. The van der Waals surface area contributed by atoms with Gasteiger partial charge in [0, 0.05) is 0 Å². The van der Waals surface area contributed by atoms with Crippen LogP contribution in [0, 0.1) is 5.41 Å². The molecule has 0 unspecified atom stereocenters. The zero-order valence-corrected chi connectivity index (χ0v) is 14.9. The fourth-order valence-corrected chi connectivity index (χ4v) is 4.19. The van der Waals surface area contributed by atoms with E-state index >= 15 is 0 Å². The summed E-state index contributed by atoms with van der Waals surface area (Å²) in [6.07, 6.45) is 4.74. The SMILES string of the molecule is CC1(C(C)(C)c2ccc(O)cc2)CCC(c2ccc(O)cc2)CC1. The Morgan fingerprint density at radius 3 is 1.79 bits per heavy atom. The zero-order chi connectivity index (χ0) is 17.4. The van der Waals surface area contributed by atoms with E-state index in [4.69, 9.17) is 0 Å². The van der Waals surface area contributed by atoms with Crippen molar-refractivity contribution >= 4 is 0 Å². The lowest BCUT2D eigenvalue weighted by Crippen LogP contribution is -2.41. The van der Waals surface area contributed by atoms with Crippen LogP contribution < -0.4 is 0 Å². The molecule has 1 aliphatic carbocycles. The Kier molecular flexibility index (Phi) is 4.33. The molecule has 24 heavy (non-hydrogen) atoms. The average Bonchev–Trinajstić information content (AvgIpc) is 2.57. The van der Waals surface area contributed by atoms with Gasteiger partial charge in [-0.25, -0.2) is 0 Å². The van der Waals surface area contributed by atoms with Crippen molar-refractivity contribution in [1.82, 2.24) is 0 Å². The smallest absolute Gasteiger partial charge is 0.115 e. The molecule has 2 aromatic carbocycles. The molecule has 0 aromatic heterocycles. The van der Waals surface area contributed by atoms with E-state index in [0.717, 1.165) is 0 Å². The molecule has 0 aliphatic heterocycles. The average molecular weight is 324 g/mol. The third-order valence-corrected chi connectivity index (χ3v) is 6.55. The van der Waals surface area contributed by atoms with Crippen molar-refractivity contribution in [1.29, 1.82) is 0 Å². The van der Waals surface area contributed by atoms with Crippen LogP contribution in [0.1, 0.15) is 63.5 Å². The predicted octanol–water partition coefficient (Wildman–Crippen LogP) is 5.74. The summed E-state index contributed by atoms with van der Waals surface area (Å²) < 4.78 is 0. The molecule has 3 rings (SSSR count). The van der Waals surface area contributed by atoms with Gasteiger partial charge in [-0.3, -0.25) is 0 Å². The second kappa shape index (κ2) is 6.16. The van der Waals surface area contributed by atoms with E-state index in [1.807, 2.05) is 0 Å². The van der Waals surface area contributed by atoms with Crippen LogP contribution in [0.2, 0.25) is 0 Å². The number of aromatic hydroxyl groups is 2. The maximum absolute atomic E-state index is 9.56. The number of hydrogen-bond donors (Lipinski definition) is 2. The van der Waals surface area contributed by atoms with Gasteiger partial charge in [0.2, 0.25) is 0 Å². The molecular formula is C22H28O2. The Morgan fingerprint density at radius 2 is 1.29 bits per heavy atom. The van der Waals surface area contributed by atoms with Crippen molar-refractivity contribution in [2.24, 2.45) is 5.41 Å². The van der Waals surface area contributed by atoms with Crippen molar-refractivity contribution in [3.8, 4) is 11.5 Å². The van der Waals surface area contributed by atoms with Crippen LogP contribution >= 0.6 is 0 Å². The first-order chi connectivity index (χ1) is 11.3. The first-order valence-electron chi connectivity index (χ1n) is 8.90. The molecule has 0 saturated heterocycles. The van der Waals surface area contributed by atoms with Gasteiger partial charge in [-0.1, -0.05) is 45.0 Å². The van der Waals surface area contributed by atoms with Crippen molar-refractivity contribution < 1.29 is 10.2 Å². The highest BCUT2D eigenvalue weighted by Gasteiger charge is 2.44. The Bertz CT molecular complexity index is 675. The molecule has 0 bridgehead atoms. The lowest BCUT2D eigenvalue weighted by Gasteiger charge is -2.49. The van der Waals surface area contributed by atoms with E-state index in [0.29, 0.717) is 17.4 Å². The van der Waals surface area contributed by atoms with Gasteiger partial charge in [0.1, 0.15) is 11.5 Å². The molecule has 2 heteroatoms. The van der Waals surface area contributed by atoms with Crippen LogP contribution in [-0.4, -0.2) is 10.2 Å².